The Labute approximate surface area is 142 Å². The predicted molar refractivity (Wildman–Crippen MR) is 91.4 cm³/mol. The van der Waals surface area contributed by atoms with Gasteiger partial charge < -0.3 is 19.6 Å². The number of carbonyl (C=O) groups excluding carboxylic acids is 1. The summed E-state index contributed by atoms with van der Waals surface area (Å²) in [4.78, 5) is 21.8. The summed E-state index contributed by atoms with van der Waals surface area (Å²) in [5, 5.41) is 10.5. The van der Waals surface area contributed by atoms with Crippen molar-refractivity contribution >= 4 is 5.91 Å². The zero-order valence-electron chi connectivity index (χ0n) is 14.2. The number of nitrogens with one attached hydrogen (secondary N) is 1. The number of likely N-dealkylation sites (N-methyl/N-ethyl adjacent to an activating group) is 1. The fourth-order valence-electron chi connectivity index (χ4n) is 3.50. The molecular formula is C18H26N4O2. The molecule has 2 heterocycles. The lowest BCUT2D eigenvalue weighted by atomic mass is 9.97. The molecule has 24 heavy (non-hydrogen) atoms. The molecule has 1 amide bonds. The van der Waals surface area contributed by atoms with E-state index in [1.165, 1.54) is 0 Å². The number of aromatic amines is 1. The van der Waals surface area contributed by atoms with Crippen molar-refractivity contribution in [3.63, 3.8) is 0 Å². The van der Waals surface area contributed by atoms with Crippen LogP contribution >= 0.6 is 0 Å². The van der Waals surface area contributed by atoms with E-state index < -0.39 is 5.60 Å². The van der Waals surface area contributed by atoms with Gasteiger partial charge in [0.25, 0.3) is 0 Å². The van der Waals surface area contributed by atoms with Crippen LogP contribution in [0.5, 0.6) is 0 Å². The third-order valence-corrected chi connectivity index (χ3v) is 5.06. The maximum atomic E-state index is 13.0. The molecule has 6 heteroatoms. The molecule has 0 radical (unpaired) electrons. The first-order chi connectivity index (χ1) is 11.6. The Bertz CT molecular complexity index is 630. The highest BCUT2D eigenvalue weighted by atomic mass is 16.3. The number of amides is 1. The van der Waals surface area contributed by atoms with Crippen LogP contribution in [0.15, 0.2) is 37.1 Å². The molecule has 1 aliphatic rings. The Morgan fingerprint density at radius 3 is 2.75 bits per heavy atom. The highest BCUT2D eigenvalue weighted by Crippen LogP contribution is 2.32. The fraction of sp³-hybridized carbons (Fsp3) is 0.556. The molecule has 1 atom stereocenters. The second-order valence-corrected chi connectivity index (χ2v) is 6.87. The number of aliphatic hydroxyl groups is 1. The number of hydrogen-bond acceptors (Lipinski definition) is 3. The van der Waals surface area contributed by atoms with Gasteiger partial charge in [-0.05, 0) is 31.4 Å². The molecule has 0 aromatic carbocycles. The molecule has 2 aromatic heterocycles. The summed E-state index contributed by atoms with van der Waals surface area (Å²) in [5.41, 5.74) is 0.353. The van der Waals surface area contributed by atoms with Gasteiger partial charge in [0.1, 0.15) is 6.04 Å². The molecule has 0 bridgehead atoms. The van der Waals surface area contributed by atoms with Gasteiger partial charge in [0, 0.05) is 44.3 Å². The van der Waals surface area contributed by atoms with Gasteiger partial charge in [-0.3, -0.25) is 4.79 Å². The number of nitrogens with zero attached hydrogens (tertiary/aromatic N) is 3. The quantitative estimate of drug-likeness (QED) is 0.817. The zero-order valence-corrected chi connectivity index (χ0v) is 14.2. The molecule has 0 spiro atoms. The van der Waals surface area contributed by atoms with Crippen LogP contribution in [0.1, 0.15) is 43.8 Å². The lowest BCUT2D eigenvalue weighted by Gasteiger charge is -2.28. The van der Waals surface area contributed by atoms with Gasteiger partial charge in [0.15, 0.2) is 0 Å². The Kier molecular flexibility index (Phi) is 5.04. The van der Waals surface area contributed by atoms with Crippen molar-refractivity contribution in [2.45, 2.75) is 50.2 Å². The van der Waals surface area contributed by atoms with Gasteiger partial charge in [-0.2, -0.15) is 0 Å². The molecule has 3 rings (SSSR count). The zero-order chi connectivity index (χ0) is 17.0. The van der Waals surface area contributed by atoms with Gasteiger partial charge in [-0.25, -0.2) is 4.98 Å². The second kappa shape index (κ2) is 7.21. The van der Waals surface area contributed by atoms with E-state index in [-0.39, 0.29) is 11.9 Å². The molecule has 6 nitrogen and oxygen atoms in total. The van der Waals surface area contributed by atoms with E-state index in [1.54, 1.807) is 17.4 Å². The Balaban J connectivity index is 1.66. The topological polar surface area (TPSA) is 74.2 Å². The van der Waals surface area contributed by atoms with Crippen LogP contribution in [-0.4, -0.2) is 49.6 Å². The van der Waals surface area contributed by atoms with Gasteiger partial charge in [0.2, 0.25) is 5.91 Å². The number of H-pyrrole nitrogens is 1. The third-order valence-electron chi connectivity index (χ3n) is 5.06. The number of carbonyl (C=O) groups is 1. The first-order valence-electron chi connectivity index (χ1n) is 8.64. The molecule has 0 aliphatic heterocycles. The lowest BCUT2D eigenvalue weighted by Crippen LogP contribution is -2.39. The Morgan fingerprint density at radius 2 is 2.12 bits per heavy atom. The van der Waals surface area contributed by atoms with Crippen LogP contribution in [0.4, 0.5) is 0 Å². The summed E-state index contributed by atoms with van der Waals surface area (Å²) in [6.45, 7) is 0.579. The van der Waals surface area contributed by atoms with Crippen LogP contribution in [0.3, 0.4) is 0 Å². The molecule has 1 fully saturated rings. The van der Waals surface area contributed by atoms with Crippen molar-refractivity contribution < 1.29 is 9.90 Å². The third kappa shape index (κ3) is 3.87. The highest BCUT2D eigenvalue weighted by Gasteiger charge is 2.32. The minimum Gasteiger partial charge on any atom is -0.390 e. The number of hydrogen-bond donors (Lipinski definition) is 2. The monoisotopic (exact) mass is 330 g/mol. The molecule has 0 saturated heterocycles. The van der Waals surface area contributed by atoms with Crippen molar-refractivity contribution in [1.29, 1.82) is 0 Å². The smallest absolute Gasteiger partial charge is 0.245 e. The standard InChI is InChI=1S/C18H26N4O2/c1-21(11-8-18(24)6-2-3-7-18)17(23)16(22-9-4-5-10-22)12-15-13-19-14-20-15/h4-5,9-10,13-14,16,24H,2-3,6-8,11-12H2,1H3,(H,19,20)/t16-/m0/s1. The van der Waals surface area contributed by atoms with Crippen LogP contribution in [0.25, 0.3) is 0 Å². The molecule has 0 unspecified atom stereocenters. The van der Waals surface area contributed by atoms with Crippen LogP contribution in [0, 0.1) is 0 Å². The maximum Gasteiger partial charge on any atom is 0.245 e. The molecule has 2 aromatic rings. The normalized spacial score (nSPS) is 17.8. The average molecular weight is 330 g/mol. The summed E-state index contributed by atoms with van der Waals surface area (Å²) in [7, 11) is 1.82. The van der Waals surface area contributed by atoms with Crippen molar-refractivity contribution in [3.8, 4) is 0 Å². The van der Waals surface area contributed by atoms with Crippen molar-refractivity contribution in [2.75, 3.05) is 13.6 Å². The van der Waals surface area contributed by atoms with Crippen LogP contribution in [0.2, 0.25) is 0 Å². The first kappa shape index (κ1) is 16.8. The number of aromatic nitrogens is 3. The van der Waals surface area contributed by atoms with Crippen molar-refractivity contribution in [1.82, 2.24) is 19.4 Å². The Morgan fingerprint density at radius 1 is 1.42 bits per heavy atom. The lowest BCUT2D eigenvalue weighted by molar-refractivity contribution is -0.134. The van der Waals surface area contributed by atoms with E-state index in [0.717, 1.165) is 31.4 Å². The van der Waals surface area contributed by atoms with Crippen LogP contribution in [-0.2, 0) is 11.2 Å². The van der Waals surface area contributed by atoms with Crippen LogP contribution < -0.4 is 0 Å². The molecule has 130 valence electrons. The molecule has 2 N–H and O–H groups in total. The van der Waals surface area contributed by atoms with E-state index in [0.29, 0.717) is 19.4 Å². The summed E-state index contributed by atoms with van der Waals surface area (Å²) in [5.74, 6) is 0.0578. The van der Waals surface area contributed by atoms with E-state index in [9.17, 15) is 9.90 Å². The second-order valence-electron chi connectivity index (χ2n) is 6.87. The minimum atomic E-state index is -0.582. The van der Waals surface area contributed by atoms with E-state index in [1.807, 2.05) is 36.1 Å². The van der Waals surface area contributed by atoms with E-state index in [2.05, 4.69) is 9.97 Å². The van der Waals surface area contributed by atoms with Gasteiger partial charge in [-0.1, -0.05) is 12.8 Å². The summed E-state index contributed by atoms with van der Waals surface area (Å²) in [6.07, 6.45) is 12.3. The molecule has 1 aliphatic carbocycles. The maximum absolute atomic E-state index is 13.0. The fourth-order valence-corrected chi connectivity index (χ4v) is 3.50. The largest absolute Gasteiger partial charge is 0.390 e. The first-order valence-corrected chi connectivity index (χ1v) is 8.64. The van der Waals surface area contributed by atoms with E-state index >= 15 is 0 Å². The van der Waals surface area contributed by atoms with Crippen molar-refractivity contribution in [3.05, 3.63) is 42.7 Å². The van der Waals surface area contributed by atoms with Gasteiger partial charge in [0.05, 0.1) is 11.9 Å². The van der Waals surface area contributed by atoms with E-state index in [4.69, 9.17) is 0 Å². The summed E-state index contributed by atoms with van der Waals surface area (Å²) >= 11 is 0. The summed E-state index contributed by atoms with van der Waals surface area (Å²) < 4.78 is 1.93. The Hall–Kier alpha value is -2.08. The molecular weight excluding hydrogens is 304 g/mol. The summed E-state index contributed by atoms with van der Waals surface area (Å²) in [6, 6.07) is 3.55. The number of rotatable bonds is 7. The SMILES string of the molecule is CN(CCC1(O)CCCC1)C(=O)[C@H](Cc1cnc[nH]1)n1cccc1. The molecule has 1 saturated carbocycles. The van der Waals surface area contributed by atoms with Gasteiger partial charge in [-0.15, -0.1) is 0 Å². The van der Waals surface area contributed by atoms with Crippen molar-refractivity contribution in [2.24, 2.45) is 0 Å². The van der Waals surface area contributed by atoms with Gasteiger partial charge >= 0.3 is 0 Å². The average Bonchev–Trinajstić information content (AvgIpc) is 3.32. The number of imidazole rings is 1. The highest BCUT2D eigenvalue weighted by molar-refractivity contribution is 5.80. The minimum absolute atomic E-state index is 0.0578. The predicted octanol–water partition coefficient (Wildman–Crippen LogP) is 2.15.